The number of carbonyl (C=O) groups excluding carboxylic acids is 1. The van der Waals surface area contributed by atoms with Gasteiger partial charge in [0.2, 0.25) is 0 Å². The van der Waals surface area contributed by atoms with Crippen LogP contribution in [-0.2, 0) is 11.2 Å². The Morgan fingerprint density at radius 3 is 2.88 bits per heavy atom. The first-order valence-electron chi connectivity index (χ1n) is 5.04. The first-order valence-corrected chi connectivity index (χ1v) is 5.85. The zero-order valence-electron chi connectivity index (χ0n) is 9.23. The highest BCUT2D eigenvalue weighted by atomic mass is 32.1. The Kier molecular flexibility index (Phi) is 3.10. The number of ketones is 1. The molecule has 82 valence electrons. The van der Waals surface area contributed by atoms with Crippen molar-refractivity contribution >= 4 is 17.1 Å². The maximum Gasteiger partial charge on any atom is 0.142 e. The van der Waals surface area contributed by atoms with Crippen molar-refractivity contribution in [2.75, 3.05) is 0 Å². The Morgan fingerprint density at radius 2 is 2.25 bits per heavy atom. The Hall–Kier alpha value is -1.55. The highest BCUT2D eigenvalue weighted by Gasteiger charge is 2.11. The van der Waals surface area contributed by atoms with Crippen molar-refractivity contribution in [2.24, 2.45) is 0 Å². The van der Waals surface area contributed by atoms with Crippen molar-refractivity contribution in [3.8, 4) is 10.7 Å². The highest BCUT2D eigenvalue weighted by molar-refractivity contribution is 7.15. The van der Waals surface area contributed by atoms with Gasteiger partial charge in [-0.15, -0.1) is 11.3 Å². The number of Topliss-reactive ketones (excluding diaryl/α,β-unsaturated/α-hetero) is 1. The van der Waals surface area contributed by atoms with E-state index in [-0.39, 0.29) is 5.78 Å². The summed E-state index contributed by atoms with van der Waals surface area (Å²) in [6.07, 6.45) is 2.22. The summed E-state index contributed by atoms with van der Waals surface area (Å²) >= 11 is 1.55. The fourth-order valence-corrected chi connectivity index (χ4v) is 2.53. The van der Waals surface area contributed by atoms with E-state index in [9.17, 15) is 4.79 Å². The maximum absolute atomic E-state index is 11.1. The molecular formula is C12H12N2OS. The monoisotopic (exact) mass is 232 g/mol. The van der Waals surface area contributed by atoms with E-state index in [2.05, 4.69) is 9.97 Å². The van der Waals surface area contributed by atoms with Gasteiger partial charge < -0.3 is 0 Å². The van der Waals surface area contributed by atoms with Crippen LogP contribution in [0.4, 0.5) is 0 Å². The second kappa shape index (κ2) is 4.53. The number of aromatic nitrogens is 2. The van der Waals surface area contributed by atoms with E-state index in [0.29, 0.717) is 6.42 Å². The van der Waals surface area contributed by atoms with E-state index < -0.39 is 0 Å². The van der Waals surface area contributed by atoms with E-state index in [1.165, 1.54) is 0 Å². The smallest absolute Gasteiger partial charge is 0.142 e. The summed E-state index contributed by atoms with van der Waals surface area (Å²) in [5.41, 5.74) is 1.80. The number of rotatable bonds is 3. The van der Waals surface area contributed by atoms with E-state index in [4.69, 9.17) is 0 Å². The largest absolute Gasteiger partial charge is 0.300 e. The van der Waals surface area contributed by atoms with Gasteiger partial charge in [-0.25, -0.2) is 4.98 Å². The van der Waals surface area contributed by atoms with Crippen LogP contribution in [0.15, 0.2) is 24.4 Å². The minimum Gasteiger partial charge on any atom is -0.300 e. The number of aryl methyl sites for hydroxylation is 1. The van der Waals surface area contributed by atoms with Gasteiger partial charge in [-0.2, -0.15) is 0 Å². The fraction of sp³-hybridized carbons (Fsp3) is 0.250. The van der Waals surface area contributed by atoms with Crippen molar-refractivity contribution in [1.29, 1.82) is 0 Å². The maximum atomic E-state index is 11.1. The number of hydrogen-bond acceptors (Lipinski definition) is 4. The van der Waals surface area contributed by atoms with E-state index in [0.717, 1.165) is 21.3 Å². The quantitative estimate of drug-likeness (QED) is 0.817. The third-order valence-electron chi connectivity index (χ3n) is 2.19. The van der Waals surface area contributed by atoms with Gasteiger partial charge in [0.15, 0.2) is 0 Å². The van der Waals surface area contributed by atoms with Crippen LogP contribution < -0.4 is 0 Å². The predicted molar refractivity (Wildman–Crippen MR) is 64.5 cm³/mol. The normalized spacial score (nSPS) is 10.4. The summed E-state index contributed by atoms with van der Waals surface area (Å²) in [6.45, 7) is 3.53. The Labute approximate surface area is 98.2 Å². The van der Waals surface area contributed by atoms with Crippen LogP contribution >= 0.6 is 11.3 Å². The molecule has 0 spiro atoms. The summed E-state index contributed by atoms with van der Waals surface area (Å²) < 4.78 is 0. The molecule has 0 amide bonds. The molecule has 0 fully saturated rings. The molecule has 0 bridgehead atoms. The van der Waals surface area contributed by atoms with E-state index in [1.807, 2.05) is 25.1 Å². The first kappa shape index (κ1) is 11.0. The number of thiazole rings is 1. The lowest BCUT2D eigenvalue weighted by Gasteiger charge is -1.92. The molecule has 0 aliphatic heterocycles. The zero-order valence-corrected chi connectivity index (χ0v) is 10.0. The Morgan fingerprint density at radius 1 is 1.44 bits per heavy atom. The van der Waals surface area contributed by atoms with Crippen LogP contribution in [0, 0.1) is 6.92 Å². The summed E-state index contributed by atoms with van der Waals surface area (Å²) in [5.74, 6) is 0.166. The van der Waals surface area contributed by atoms with Gasteiger partial charge in [-0.05, 0) is 26.0 Å². The molecule has 0 saturated heterocycles. The molecule has 2 rings (SSSR count). The molecule has 0 unspecified atom stereocenters. The van der Waals surface area contributed by atoms with Crippen LogP contribution in [0.3, 0.4) is 0 Å². The molecule has 0 atom stereocenters. The van der Waals surface area contributed by atoms with Gasteiger partial charge in [-0.3, -0.25) is 9.78 Å². The van der Waals surface area contributed by atoms with E-state index in [1.54, 1.807) is 24.5 Å². The molecule has 0 radical (unpaired) electrons. The average molecular weight is 232 g/mol. The predicted octanol–water partition coefficient (Wildman–Crippen LogP) is 2.65. The molecule has 4 heteroatoms. The average Bonchev–Trinajstić information content (AvgIpc) is 2.61. The van der Waals surface area contributed by atoms with Crippen molar-refractivity contribution in [3.05, 3.63) is 35.0 Å². The fourth-order valence-electron chi connectivity index (χ4n) is 1.42. The van der Waals surface area contributed by atoms with Gasteiger partial charge in [0.25, 0.3) is 0 Å². The molecule has 0 aliphatic carbocycles. The van der Waals surface area contributed by atoms with Gasteiger partial charge in [0.1, 0.15) is 10.8 Å². The second-order valence-electron chi connectivity index (χ2n) is 3.62. The van der Waals surface area contributed by atoms with Crippen molar-refractivity contribution in [3.63, 3.8) is 0 Å². The van der Waals surface area contributed by atoms with Gasteiger partial charge in [0, 0.05) is 17.5 Å². The minimum absolute atomic E-state index is 0.166. The van der Waals surface area contributed by atoms with Crippen molar-refractivity contribution in [1.82, 2.24) is 9.97 Å². The van der Waals surface area contributed by atoms with Crippen LogP contribution in [0.5, 0.6) is 0 Å². The minimum atomic E-state index is 0.166. The number of nitrogens with zero attached hydrogens (tertiary/aromatic N) is 2. The lowest BCUT2D eigenvalue weighted by atomic mass is 10.2. The Bertz CT molecular complexity index is 505. The van der Waals surface area contributed by atoms with Gasteiger partial charge >= 0.3 is 0 Å². The summed E-state index contributed by atoms with van der Waals surface area (Å²) in [5, 5.41) is 0.884. The van der Waals surface area contributed by atoms with E-state index >= 15 is 0 Å². The van der Waals surface area contributed by atoms with Crippen LogP contribution in [0.25, 0.3) is 10.7 Å². The molecule has 16 heavy (non-hydrogen) atoms. The second-order valence-corrected chi connectivity index (χ2v) is 4.70. The van der Waals surface area contributed by atoms with Gasteiger partial charge in [0.05, 0.1) is 11.4 Å². The SMILES string of the molecule is CC(=O)Cc1sc(-c2ccccn2)nc1C. The zero-order chi connectivity index (χ0) is 11.5. The number of carbonyl (C=O) groups is 1. The standard InChI is InChI=1S/C12H12N2OS/c1-8(15)7-11-9(2)14-12(16-11)10-5-3-4-6-13-10/h3-6H,7H2,1-2H3. The Balaban J connectivity index is 2.34. The summed E-state index contributed by atoms with van der Waals surface area (Å²) in [4.78, 5) is 20.8. The highest BCUT2D eigenvalue weighted by Crippen LogP contribution is 2.26. The van der Waals surface area contributed by atoms with Crippen LogP contribution in [-0.4, -0.2) is 15.8 Å². The lowest BCUT2D eigenvalue weighted by Crippen LogP contribution is -1.95. The molecule has 0 N–H and O–H groups in total. The number of hydrogen-bond donors (Lipinski definition) is 0. The molecular weight excluding hydrogens is 220 g/mol. The molecule has 2 heterocycles. The van der Waals surface area contributed by atoms with Crippen molar-refractivity contribution < 1.29 is 4.79 Å². The van der Waals surface area contributed by atoms with Gasteiger partial charge in [-0.1, -0.05) is 6.07 Å². The first-order chi connectivity index (χ1) is 7.66. The summed E-state index contributed by atoms with van der Waals surface area (Å²) in [7, 11) is 0. The molecule has 3 nitrogen and oxygen atoms in total. The summed E-state index contributed by atoms with van der Waals surface area (Å²) in [6, 6.07) is 5.74. The third-order valence-corrected chi connectivity index (χ3v) is 3.37. The van der Waals surface area contributed by atoms with Crippen molar-refractivity contribution in [2.45, 2.75) is 20.3 Å². The topological polar surface area (TPSA) is 42.9 Å². The lowest BCUT2D eigenvalue weighted by molar-refractivity contribution is -0.116. The molecule has 0 aromatic carbocycles. The van der Waals surface area contributed by atoms with Crippen LogP contribution in [0.1, 0.15) is 17.5 Å². The molecule has 0 aliphatic rings. The number of pyridine rings is 1. The molecule has 0 saturated carbocycles. The van der Waals surface area contributed by atoms with Crippen LogP contribution in [0.2, 0.25) is 0 Å². The third kappa shape index (κ3) is 2.33. The molecule has 2 aromatic heterocycles. The molecule has 2 aromatic rings.